The van der Waals surface area contributed by atoms with Crippen molar-refractivity contribution in [1.82, 2.24) is 20.9 Å². The van der Waals surface area contributed by atoms with E-state index in [0.29, 0.717) is 11.3 Å². The summed E-state index contributed by atoms with van der Waals surface area (Å²) in [6.45, 7) is 0. The summed E-state index contributed by atoms with van der Waals surface area (Å²) < 4.78 is 0. The van der Waals surface area contributed by atoms with Crippen molar-refractivity contribution in [2.75, 3.05) is 17.8 Å². The maximum absolute atomic E-state index is 13.2. The molecule has 0 saturated carbocycles. The van der Waals surface area contributed by atoms with Gasteiger partial charge in [0.05, 0.1) is 12.5 Å². The van der Waals surface area contributed by atoms with E-state index in [1.807, 2.05) is 18.2 Å². The van der Waals surface area contributed by atoms with E-state index in [4.69, 9.17) is 5.73 Å². The maximum atomic E-state index is 13.2. The van der Waals surface area contributed by atoms with E-state index in [1.165, 1.54) is 11.8 Å². The number of fused-ring (bicyclic) bond motifs is 1. The number of carboxylic acid groups (broad SMARTS) is 2. The Morgan fingerprint density at radius 1 is 1.00 bits per heavy atom. The molecule has 0 spiro atoms. The Labute approximate surface area is 222 Å². The van der Waals surface area contributed by atoms with Crippen LogP contribution in [0.3, 0.4) is 0 Å². The molecular weight excluding hydrogens is 522 g/mol. The highest BCUT2D eigenvalue weighted by atomic mass is 32.2. The van der Waals surface area contributed by atoms with Crippen molar-refractivity contribution < 1.29 is 34.2 Å². The van der Waals surface area contributed by atoms with Crippen molar-refractivity contribution in [3.05, 3.63) is 36.0 Å². The van der Waals surface area contributed by atoms with E-state index in [2.05, 4.69) is 33.6 Å². The van der Waals surface area contributed by atoms with Crippen molar-refractivity contribution in [3.63, 3.8) is 0 Å². The van der Waals surface area contributed by atoms with Crippen LogP contribution in [-0.4, -0.2) is 86.8 Å². The number of aliphatic carboxylic acids is 2. The number of aromatic nitrogens is 1. The number of rotatable bonds is 15. The number of para-hydroxylation sites is 1. The Balaban J connectivity index is 2.32. The molecule has 8 N–H and O–H groups in total. The molecule has 0 saturated heterocycles. The summed E-state index contributed by atoms with van der Waals surface area (Å²) in [5.74, 6) is -4.62. The number of thioether (sulfide) groups is 1. The summed E-state index contributed by atoms with van der Waals surface area (Å²) in [6.07, 6.45) is 2.85. The summed E-state index contributed by atoms with van der Waals surface area (Å²) in [5, 5.41) is 26.8. The number of aromatic amines is 1. The third kappa shape index (κ3) is 8.98. The van der Waals surface area contributed by atoms with Gasteiger partial charge in [-0.05, 0) is 30.1 Å². The van der Waals surface area contributed by atoms with Crippen LogP contribution in [0.4, 0.5) is 0 Å². The molecule has 1 aromatic heterocycles. The van der Waals surface area contributed by atoms with Gasteiger partial charge in [-0.3, -0.25) is 19.2 Å². The molecule has 202 valence electrons. The average molecular weight is 554 g/mol. The van der Waals surface area contributed by atoms with Gasteiger partial charge in [0.2, 0.25) is 17.7 Å². The van der Waals surface area contributed by atoms with E-state index in [1.54, 1.807) is 18.5 Å². The second-order valence-electron chi connectivity index (χ2n) is 8.25. The molecule has 0 aliphatic heterocycles. The molecule has 0 aliphatic carbocycles. The fourth-order valence-corrected chi connectivity index (χ4v) is 4.15. The van der Waals surface area contributed by atoms with Gasteiger partial charge in [-0.25, -0.2) is 4.79 Å². The highest BCUT2D eigenvalue weighted by Gasteiger charge is 2.31. The molecule has 0 fully saturated rings. The molecule has 4 unspecified atom stereocenters. The monoisotopic (exact) mass is 553 g/mol. The molecule has 0 bridgehead atoms. The van der Waals surface area contributed by atoms with Crippen molar-refractivity contribution in [2.45, 2.75) is 43.4 Å². The Morgan fingerprint density at radius 3 is 2.24 bits per heavy atom. The van der Waals surface area contributed by atoms with Crippen LogP contribution in [0.2, 0.25) is 0 Å². The third-order valence-electron chi connectivity index (χ3n) is 5.50. The SMILES string of the molecule is CSCCC(NC(=O)C(Cc1c[nH]c2ccccc12)NC(=O)C(CC(=O)O)NC(=O)C(N)CS)C(=O)O. The fourth-order valence-electron chi connectivity index (χ4n) is 3.51. The lowest BCUT2D eigenvalue weighted by Crippen LogP contribution is -2.58. The van der Waals surface area contributed by atoms with E-state index in [9.17, 15) is 34.2 Å². The zero-order chi connectivity index (χ0) is 27.5. The first-order chi connectivity index (χ1) is 17.6. The molecule has 0 radical (unpaired) electrons. The first-order valence-electron chi connectivity index (χ1n) is 11.3. The minimum atomic E-state index is -1.53. The van der Waals surface area contributed by atoms with E-state index in [-0.39, 0.29) is 18.6 Å². The Kier molecular flexibility index (Phi) is 11.8. The highest BCUT2D eigenvalue weighted by Crippen LogP contribution is 2.19. The van der Waals surface area contributed by atoms with Gasteiger partial charge in [0.25, 0.3) is 0 Å². The van der Waals surface area contributed by atoms with Crippen molar-refractivity contribution in [3.8, 4) is 0 Å². The maximum Gasteiger partial charge on any atom is 0.326 e. The molecule has 2 rings (SSSR count). The summed E-state index contributed by atoms with van der Waals surface area (Å²) in [6, 6.07) is 2.22. The number of carboxylic acids is 2. The number of nitrogens with two attached hydrogens (primary N) is 1. The minimum absolute atomic E-state index is 0.0274. The third-order valence-corrected chi connectivity index (χ3v) is 6.54. The van der Waals surface area contributed by atoms with Crippen LogP contribution in [0.5, 0.6) is 0 Å². The largest absolute Gasteiger partial charge is 0.481 e. The Hall–Kier alpha value is -3.23. The average Bonchev–Trinajstić information content (AvgIpc) is 3.27. The van der Waals surface area contributed by atoms with Crippen LogP contribution in [0.15, 0.2) is 30.5 Å². The van der Waals surface area contributed by atoms with Crippen molar-refractivity contribution >= 4 is 65.0 Å². The number of hydrogen-bond donors (Lipinski definition) is 8. The number of nitrogens with one attached hydrogen (secondary N) is 4. The lowest BCUT2D eigenvalue weighted by molar-refractivity contribution is -0.143. The van der Waals surface area contributed by atoms with Crippen LogP contribution in [0.1, 0.15) is 18.4 Å². The molecule has 0 aliphatic rings. The van der Waals surface area contributed by atoms with Crippen LogP contribution in [0.25, 0.3) is 10.9 Å². The first-order valence-corrected chi connectivity index (χ1v) is 13.4. The van der Waals surface area contributed by atoms with Gasteiger partial charge in [0.1, 0.15) is 18.1 Å². The lowest BCUT2D eigenvalue weighted by atomic mass is 10.0. The first kappa shape index (κ1) is 30.0. The van der Waals surface area contributed by atoms with E-state index >= 15 is 0 Å². The molecule has 4 atom stereocenters. The second-order valence-corrected chi connectivity index (χ2v) is 9.60. The standard InChI is InChI=1S/C23H31N5O7S2/c1-37-7-6-16(23(34)35)26-21(32)17(8-12-10-25-15-5-3-2-4-13(12)15)28-22(33)18(9-19(29)30)27-20(31)14(24)11-36/h2-5,10,14,16-18,25,36H,6-9,11,24H2,1H3,(H,26,32)(H,27,31)(H,28,33)(H,29,30)(H,34,35). The quantitative estimate of drug-likeness (QED) is 0.137. The Bertz CT molecular complexity index is 1130. The van der Waals surface area contributed by atoms with Crippen LogP contribution >= 0.6 is 24.4 Å². The lowest BCUT2D eigenvalue weighted by Gasteiger charge is -2.24. The van der Waals surface area contributed by atoms with Crippen LogP contribution in [0, 0.1) is 0 Å². The summed E-state index contributed by atoms with van der Waals surface area (Å²) in [5.41, 5.74) is 7.08. The number of thiol groups is 1. The number of carbonyl (C=O) groups is 5. The fraction of sp³-hybridized carbons (Fsp3) is 0.435. The van der Waals surface area contributed by atoms with E-state index in [0.717, 1.165) is 10.9 Å². The molecule has 1 aromatic carbocycles. The second kappa shape index (κ2) is 14.5. The predicted molar refractivity (Wildman–Crippen MR) is 143 cm³/mol. The van der Waals surface area contributed by atoms with Gasteiger partial charge >= 0.3 is 11.9 Å². The molecule has 14 heteroatoms. The normalized spacial score (nSPS) is 14.2. The highest BCUT2D eigenvalue weighted by molar-refractivity contribution is 7.98. The molecule has 12 nitrogen and oxygen atoms in total. The Morgan fingerprint density at radius 2 is 1.62 bits per heavy atom. The van der Waals surface area contributed by atoms with Crippen LogP contribution < -0.4 is 21.7 Å². The van der Waals surface area contributed by atoms with Gasteiger partial charge in [0.15, 0.2) is 0 Å². The molecule has 2 aromatic rings. The zero-order valence-electron chi connectivity index (χ0n) is 20.1. The zero-order valence-corrected chi connectivity index (χ0v) is 21.8. The van der Waals surface area contributed by atoms with Gasteiger partial charge in [-0.2, -0.15) is 24.4 Å². The number of H-pyrrole nitrogens is 1. The number of hydrogen-bond acceptors (Lipinski definition) is 8. The topological polar surface area (TPSA) is 204 Å². The van der Waals surface area contributed by atoms with Gasteiger partial charge in [-0.1, -0.05) is 18.2 Å². The smallest absolute Gasteiger partial charge is 0.326 e. The number of amides is 3. The molecule has 37 heavy (non-hydrogen) atoms. The van der Waals surface area contributed by atoms with Crippen molar-refractivity contribution in [2.24, 2.45) is 5.73 Å². The molecular formula is C23H31N5O7S2. The summed E-state index contributed by atoms with van der Waals surface area (Å²) in [4.78, 5) is 64.6. The predicted octanol–water partition coefficient (Wildman–Crippen LogP) is -0.266. The molecule has 3 amide bonds. The van der Waals surface area contributed by atoms with E-state index < -0.39 is 60.2 Å². The summed E-state index contributed by atoms with van der Waals surface area (Å²) in [7, 11) is 0. The van der Waals surface area contributed by atoms with Gasteiger partial charge < -0.3 is 36.9 Å². The minimum Gasteiger partial charge on any atom is -0.481 e. The number of carbonyl (C=O) groups excluding carboxylic acids is 3. The van der Waals surface area contributed by atoms with Crippen molar-refractivity contribution in [1.29, 1.82) is 0 Å². The number of benzene rings is 1. The van der Waals surface area contributed by atoms with Gasteiger partial charge in [-0.15, -0.1) is 0 Å². The van der Waals surface area contributed by atoms with Gasteiger partial charge in [0, 0.05) is 29.3 Å². The molecule has 1 heterocycles. The van der Waals surface area contributed by atoms with Crippen LogP contribution in [-0.2, 0) is 30.4 Å². The summed E-state index contributed by atoms with van der Waals surface area (Å²) >= 11 is 5.34.